The van der Waals surface area contributed by atoms with Gasteiger partial charge in [0.05, 0.1) is 23.3 Å². The van der Waals surface area contributed by atoms with Gasteiger partial charge in [-0.25, -0.2) is 13.5 Å². The van der Waals surface area contributed by atoms with Crippen molar-refractivity contribution in [1.82, 2.24) is 5.06 Å². The summed E-state index contributed by atoms with van der Waals surface area (Å²) >= 11 is 0. The number of hydrogen-bond acceptors (Lipinski definition) is 7. The largest absolute Gasteiger partial charge is 0.454 e. The van der Waals surface area contributed by atoms with Gasteiger partial charge < -0.3 is 14.6 Å². The molecule has 0 radical (unpaired) electrons. The van der Waals surface area contributed by atoms with Crippen molar-refractivity contribution in [2.45, 2.75) is 10.9 Å². The van der Waals surface area contributed by atoms with Crippen LogP contribution in [-0.2, 0) is 14.6 Å². The Balaban J connectivity index is 2.00. The lowest BCUT2D eigenvalue weighted by Crippen LogP contribution is -2.39. The van der Waals surface area contributed by atoms with E-state index in [0.717, 1.165) is 0 Å². The number of hydroxylamine groups is 2. The highest BCUT2D eigenvalue weighted by Crippen LogP contribution is 2.37. The topological polar surface area (TPSA) is 113 Å². The molecule has 26 heavy (non-hydrogen) atoms. The van der Waals surface area contributed by atoms with Crippen LogP contribution in [0.1, 0.15) is 0 Å². The van der Waals surface area contributed by atoms with Gasteiger partial charge in [0.1, 0.15) is 0 Å². The quantitative estimate of drug-likeness (QED) is 0.420. The third-order valence-electron chi connectivity index (χ3n) is 4.01. The third kappa shape index (κ3) is 3.50. The maximum Gasteiger partial charge on any atom is 0.233 e. The average molecular weight is 379 g/mol. The molecule has 1 aliphatic heterocycles. The number of amides is 1. The van der Waals surface area contributed by atoms with Gasteiger partial charge in [-0.2, -0.15) is 0 Å². The number of aliphatic hydroxyl groups is 1. The Morgan fingerprint density at radius 1 is 1.15 bits per heavy atom. The normalized spacial score (nSPS) is 14.1. The fourth-order valence-corrected chi connectivity index (χ4v) is 4.43. The van der Waals surface area contributed by atoms with Crippen LogP contribution in [0.25, 0.3) is 11.1 Å². The third-order valence-corrected chi connectivity index (χ3v) is 5.86. The molecule has 138 valence electrons. The molecule has 0 saturated heterocycles. The monoisotopic (exact) mass is 379 g/mol. The van der Waals surface area contributed by atoms with Crippen LogP contribution in [-0.4, -0.2) is 55.4 Å². The molecule has 1 atom stereocenters. The van der Waals surface area contributed by atoms with Crippen molar-refractivity contribution in [2.75, 3.05) is 19.2 Å². The molecule has 9 heteroatoms. The predicted molar refractivity (Wildman–Crippen MR) is 90.6 cm³/mol. The lowest BCUT2D eigenvalue weighted by molar-refractivity contribution is -0.161. The molecule has 1 aliphatic rings. The summed E-state index contributed by atoms with van der Waals surface area (Å²) in [5, 5.41) is 18.9. The molecular formula is C17H17NO7S. The zero-order valence-corrected chi connectivity index (χ0v) is 14.4. The number of carbonyl (C=O) groups is 1. The van der Waals surface area contributed by atoms with Gasteiger partial charge >= 0.3 is 0 Å². The van der Waals surface area contributed by atoms with Crippen LogP contribution in [0, 0.1) is 0 Å². The summed E-state index contributed by atoms with van der Waals surface area (Å²) in [7, 11) is -3.91. The summed E-state index contributed by atoms with van der Waals surface area (Å²) < 4.78 is 36.2. The molecule has 3 rings (SSSR count). The average Bonchev–Trinajstić information content (AvgIpc) is 3.13. The van der Waals surface area contributed by atoms with Gasteiger partial charge in [0.15, 0.2) is 21.3 Å². The van der Waals surface area contributed by atoms with Crippen molar-refractivity contribution in [3.8, 4) is 22.6 Å². The molecule has 0 bridgehead atoms. The number of hydrogen-bond donors (Lipinski definition) is 2. The summed E-state index contributed by atoms with van der Waals surface area (Å²) in [4.78, 5) is 10.7. The van der Waals surface area contributed by atoms with Crippen molar-refractivity contribution in [3.05, 3.63) is 42.5 Å². The van der Waals surface area contributed by atoms with E-state index in [-0.39, 0.29) is 23.2 Å². The van der Waals surface area contributed by atoms with Crippen molar-refractivity contribution >= 4 is 16.2 Å². The molecule has 0 aliphatic carbocycles. The van der Waals surface area contributed by atoms with Crippen LogP contribution >= 0.6 is 0 Å². The van der Waals surface area contributed by atoms with E-state index >= 15 is 0 Å². The van der Waals surface area contributed by atoms with E-state index in [2.05, 4.69) is 0 Å². The number of benzene rings is 2. The first kappa shape index (κ1) is 18.2. The van der Waals surface area contributed by atoms with Gasteiger partial charge in [0, 0.05) is 5.56 Å². The lowest BCUT2D eigenvalue weighted by Gasteiger charge is -2.21. The van der Waals surface area contributed by atoms with E-state index < -0.39 is 28.2 Å². The van der Waals surface area contributed by atoms with Gasteiger partial charge in [0.2, 0.25) is 13.2 Å². The number of sulfone groups is 1. The van der Waals surface area contributed by atoms with Gasteiger partial charge in [0.25, 0.3) is 0 Å². The second kappa shape index (κ2) is 7.32. The fourth-order valence-electron chi connectivity index (χ4n) is 2.68. The van der Waals surface area contributed by atoms with E-state index in [0.29, 0.717) is 22.6 Å². The number of carbonyl (C=O) groups excluding carboxylic acids is 1. The van der Waals surface area contributed by atoms with E-state index in [4.69, 9.17) is 9.47 Å². The van der Waals surface area contributed by atoms with Crippen molar-refractivity contribution in [2.24, 2.45) is 0 Å². The zero-order chi connectivity index (χ0) is 18.7. The first-order chi connectivity index (χ1) is 12.5. The second-order valence-corrected chi connectivity index (χ2v) is 7.67. The Morgan fingerprint density at radius 3 is 2.62 bits per heavy atom. The zero-order valence-electron chi connectivity index (χ0n) is 13.6. The molecule has 2 aromatic rings. The number of rotatable bonds is 7. The van der Waals surface area contributed by atoms with E-state index in [1.807, 2.05) is 0 Å². The Labute approximate surface area is 150 Å². The Morgan fingerprint density at radius 2 is 1.88 bits per heavy atom. The van der Waals surface area contributed by atoms with E-state index in [1.54, 1.807) is 36.4 Å². The molecule has 2 aromatic carbocycles. The van der Waals surface area contributed by atoms with Crippen LogP contribution in [0.2, 0.25) is 0 Å². The molecule has 0 spiro atoms. The summed E-state index contributed by atoms with van der Waals surface area (Å²) in [6, 6.07) is 10.2. The minimum Gasteiger partial charge on any atom is -0.454 e. The van der Waals surface area contributed by atoms with E-state index in [9.17, 15) is 23.5 Å². The fraction of sp³-hybridized carbons (Fsp3) is 0.235. The number of aliphatic hydroxyl groups excluding tert-OH is 1. The SMILES string of the molecule is O=CN(O)C(CO)CS(=O)(=O)c1ccccc1-c1ccc2c(c1)OCO2. The van der Waals surface area contributed by atoms with Crippen LogP contribution in [0.3, 0.4) is 0 Å². The van der Waals surface area contributed by atoms with Crippen LogP contribution in [0.15, 0.2) is 47.4 Å². The van der Waals surface area contributed by atoms with Crippen LogP contribution < -0.4 is 9.47 Å². The van der Waals surface area contributed by atoms with Crippen LogP contribution in [0.5, 0.6) is 11.5 Å². The highest BCUT2D eigenvalue weighted by molar-refractivity contribution is 7.91. The van der Waals surface area contributed by atoms with Crippen molar-refractivity contribution < 1.29 is 33.0 Å². The lowest BCUT2D eigenvalue weighted by atomic mass is 10.1. The molecule has 1 amide bonds. The molecule has 2 N–H and O–H groups in total. The number of ether oxygens (including phenoxy) is 2. The molecule has 0 saturated carbocycles. The maximum absolute atomic E-state index is 12.8. The standard InChI is InChI=1S/C17H17NO7S/c19-8-13(18(21)10-20)9-26(22,23)17-4-2-1-3-14(17)12-5-6-15-16(7-12)25-11-24-15/h1-7,10,13,19,21H,8-9,11H2. The molecular weight excluding hydrogens is 362 g/mol. The van der Waals surface area contributed by atoms with Crippen molar-refractivity contribution in [3.63, 3.8) is 0 Å². The highest BCUT2D eigenvalue weighted by Gasteiger charge is 2.27. The summed E-state index contributed by atoms with van der Waals surface area (Å²) in [6.07, 6.45) is 0.0557. The Kier molecular flexibility index (Phi) is 5.12. The molecule has 0 fully saturated rings. The van der Waals surface area contributed by atoms with Gasteiger partial charge in [-0.15, -0.1) is 0 Å². The number of fused-ring (bicyclic) bond motifs is 1. The highest BCUT2D eigenvalue weighted by atomic mass is 32.2. The number of nitrogens with zero attached hydrogens (tertiary/aromatic N) is 1. The minimum absolute atomic E-state index is 0.0246. The van der Waals surface area contributed by atoms with Gasteiger partial charge in [-0.05, 0) is 23.8 Å². The predicted octanol–water partition coefficient (Wildman–Crippen LogP) is 1.06. The molecule has 0 aromatic heterocycles. The first-order valence-electron chi connectivity index (χ1n) is 7.71. The minimum atomic E-state index is -3.91. The summed E-state index contributed by atoms with van der Waals surface area (Å²) in [5.41, 5.74) is 1.06. The second-order valence-electron chi connectivity index (χ2n) is 5.67. The first-order valence-corrected chi connectivity index (χ1v) is 9.36. The van der Waals surface area contributed by atoms with Gasteiger partial charge in [-0.1, -0.05) is 24.3 Å². The smallest absolute Gasteiger partial charge is 0.233 e. The maximum atomic E-state index is 12.8. The van der Waals surface area contributed by atoms with Crippen LogP contribution in [0.4, 0.5) is 0 Å². The van der Waals surface area contributed by atoms with E-state index in [1.165, 1.54) is 6.07 Å². The summed E-state index contributed by atoms with van der Waals surface area (Å²) in [5.74, 6) is 0.474. The molecule has 1 unspecified atom stereocenters. The Bertz CT molecular complexity index is 913. The molecule has 1 heterocycles. The molecule has 8 nitrogen and oxygen atoms in total. The van der Waals surface area contributed by atoms with Crippen molar-refractivity contribution in [1.29, 1.82) is 0 Å². The van der Waals surface area contributed by atoms with Gasteiger partial charge in [-0.3, -0.25) is 10.0 Å². The Hall–Kier alpha value is -2.62. The summed E-state index contributed by atoms with van der Waals surface area (Å²) in [6.45, 7) is -0.588.